The van der Waals surface area contributed by atoms with Crippen molar-refractivity contribution in [3.05, 3.63) is 36.0 Å². The van der Waals surface area contributed by atoms with Crippen molar-refractivity contribution in [2.75, 3.05) is 6.54 Å². The summed E-state index contributed by atoms with van der Waals surface area (Å²) in [4.78, 5) is 80.4. The fourth-order valence-corrected chi connectivity index (χ4v) is 4.13. The number of aromatic amines is 1. The molecule has 1 aromatic heterocycles. The topological polar surface area (TPSA) is 311 Å². The predicted molar refractivity (Wildman–Crippen MR) is 154 cm³/mol. The van der Waals surface area contributed by atoms with Gasteiger partial charge in [0.05, 0.1) is 12.5 Å². The molecule has 0 aliphatic carbocycles. The summed E-state index contributed by atoms with van der Waals surface area (Å²) in [6.45, 7) is 0.0913. The van der Waals surface area contributed by atoms with Gasteiger partial charge in [0.1, 0.15) is 18.1 Å². The molecule has 0 radical (unpaired) electrons. The highest BCUT2D eigenvalue weighted by atomic mass is 16.4. The third-order valence-electron chi connectivity index (χ3n) is 6.34. The zero-order valence-electron chi connectivity index (χ0n) is 23.2. The number of para-hydroxylation sites is 1. The first-order valence-corrected chi connectivity index (χ1v) is 13.3. The van der Waals surface area contributed by atoms with Crippen molar-refractivity contribution in [1.82, 2.24) is 20.9 Å². The Balaban J connectivity index is 2.26. The number of H-pyrrole nitrogens is 1. The summed E-state index contributed by atoms with van der Waals surface area (Å²) in [6.07, 6.45) is 0.481. The van der Waals surface area contributed by atoms with Crippen LogP contribution in [0.2, 0.25) is 0 Å². The smallest absolute Gasteiger partial charge is 0.326 e. The van der Waals surface area contributed by atoms with E-state index in [1.807, 2.05) is 0 Å². The largest absolute Gasteiger partial charge is 0.481 e. The molecule has 234 valence electrons. The molecule has 2 rings (SSSR count). The molecule has 1 aromatic carbocycles. The van der Waals surface area contributed by atoms with Crippen LogP contribution in [0.15, 0.2) is 35.5 Å². The number of aliphatic carboxylic acids is 2. The van der Waals surface area contributed by atoms with Gasteiger partial charge >= 0.3 is 11.9 Å². The lowest BCUT2D eigenvalue weighted by Gasteiger charge is -2.24. The van der Waals surface area contributed by atoms with Crippen molar-refractivity contribution in [1.29, 1.82) is 0 Å². The number of carbonyl (C=O) groups is 6. The molecule has 0 fully saturated rings. The van der Waals surface area contributed by atoms with Gasteiger partial charge in [0.25, 0.3) is 0 Å². The monoisotopic (exact) mass is 603 g/mol. The minimum atomic E-state index is -1.70. The first-order valence-electron chi connectivity index (χ1n) is 13.3. The lowest BCUT2D eigenvalue weighted by molar-refractivity contribution is -0.143. The third kappa shape index (κ3) is 11.3. The lowest BCUT2D eigenvalue weighted by Crippen LogP contribution is -2.58. The molecule has 1 heterocycles. The molecule has 4 amide bonds. The number of carboxylic acids is 2. The molecular formula is C26H37N9O8. The molecule has 2 aromatic rings. The van der Waals surface area contributed by atoms with E-state index in [1.54, 1.807) is 30.5 Å². The summed E-state index contributed by atoms with van der Waals surface area (Å²) >= 11 is 0. The Morgan fingerprint density at radius 2 is 1.49 bits per heavy atom. The van der Waals surface area contributed by atoms with Gasteiger partial charge in [0.15, 0.2) is 5.96 Å². The van der Waals surface area contributed by atoms with E-state index in [0.29, 0.717) is 5.56 Å². The summed E-state index contributed by atoms with van der Waals surface area (Å²) in [5, 5.41) is 26.7. The van der Waals surface area contributed by atoms with Crippen molar-refractivity contribution in [2.45, 2.75) is 62.7 Å². The van der Waals surface area contributed by atoms with Crippen LogP contribution in [-0.4, -0.2) is 87.4 Å². The minimum absolute atomic E-state index is 0.0892. The number of aliphatic imine (C=N–C) groups is 1. The number of hydrogen-bond acceptors (Lipinski definition) is 8. The Labute approximate surface area is 245 Å². The standard InChI is InChI=1S/C26H37N9O8/c27-15(7-8-20(28)36)22(39)34-18(10-13-12-32-16-5-2-1-4-14(13)16)23(40)35-19(11-21(37)38)24(41)33-17(25(42)43)6-3-9-31-26(29)30/h1-2,4-5,12,15,17-19,32H,3,6-11,27H2,(H2,28,36)(H,33,41)(H,34,39)(H,35,40)(H,37,38)(H,42,43)(H4,29,30,31). The Morgan fingerprint density at radius 1 is 0.860 bits per heavy atom. The third-order valence-corrected chi connectivity index (χ3v) is 6.34. The molecule has 0 spiro atoms. The molecule has 43 heavy (non-hydrogen) atoms. The van der Waals surface area contributed by atoms with Crippen molar-refractivity contribution in [3.63, 3.8) is 0 Å². The average molecular weight is 604 g/mol. The van der Waals surface area contributed by atoms with Gasteiger partial charge in [-0.05, 0) is 30.9 Å². The molecule has 4 atom stereocenters. The van der Waals surface area contributed by atoms with E-state index in [1.165, 1.54) is 0 Å². The van der Waals surface area contributed by atoms with Crippen molar-refractivity contribution >= 4 is 52.4 Å². The normalized spacial score (nSPS) is 13.6. The fourth-order valence-electron chi connectivity index (χ4n) is 4.13. The molecule has 0 saturated carbocycles. The summed E-state index contributed by atoms with van der Waals surface area (Å²) in [5.41, 5.74) is 22.8. The number of amides is 4. The van der Waals surface area contributed by atoms with E-state index in [9.17, 15) is 39.0 Å². The van der Waals surface area contributed by atoms with Crippen LogP contribution in [0.3, 0.4) is 0 Å². The Bertz CT molecular complexity index is 1360. The number of benzene rings is 1. The molecule has 14 N–H and O–H groups in total. The van der Waals surface area contributed by atoms with Crippen LogP contribution in [-0.2, 0) is 35.2 Å². The van der Waals surface area contributed by atoms with Gasteiger partial charge in [0.2, 0.25) is 23.6 Å². The van der Waals surface area contributed by atoms with E-state index >= 15 is 0 Å². The zero-order valence-corrected chi connectivity index (χ0v) is 23.2. The number of aromatic nitrogens is 1. The number of nitrogens with one attached hydrogen (secondary N) is 4. The molecule has 0 aliphatic rings. The predicted octanol–water partition coefficient (Wildman–Crippen LogP) is -2.63. The maximum Gasteiger partial charge on any atom is 0.326 e. The van der Waals surface area contributed by atoms with Crippen LogP contribution in [0.1, 0.15) is 37.7 Å². The number of primary amides is 1. The van der Waals surface area contributed by atoms with Crippen LogP contribution in [0.5, 0.6) is 0 Å². The second kappa shape index (κ2) is 16.3. The number of hydrogen-bond donors (Lipinski definition) is 10. The van der Waals surface area contributed by atoms with Gasteiger partial charge in [0, 0.05) is 36.5 Å². The Morgan fingerprint density at radius 3 is 2.12 bits per heavy atom. The molecule has 4 unspecified atom stereocenters. The lowest BCUT2D eigenvalue weighted by atomic mass is 10.0. The molecular weight excluding hydrogens is 566 g/mol. The van der Waals surface area contributed by atoms with E-state index in [4.69, 9.17) is 22.9 Å². The van der Waals surface area contributed by atoms with Gasteiger partial charge in [-0.2, -0.15) is 0 Å². The zero-order chi connectivity index (χ0) is 32.1. The Hall–Kier alpha value is -5.19. The SMILES string of the molecule is NC(=O)CCC(N)C(=O)NC(Cc1c[nH]c2ccccc12)C(=O)NC(CC(=O)O)C(=O)NC(CCCN=C(N)N)C(=O)O. The van der Waals surface area contributed by atoms with Gasteiger partial charge < -0.3 is 54.1 Å². The van der Waals surface area contributed by atoms with Gasteiger partial charge in [-0.25, -0.2) is 4.79 Å². The van der Waals surface area contributed by atoms with Crippen molar-refractivity contribution in [3.8, 4) is 0 Å². The molecule has 17 nitrogen and oxygen atoms in total. The van der Waals surface area contributed by atoms with Crippen molar-refractivity contribution in [2.24, 2.45) is 27.9 Å². The van der Waals surface area contributed by atoms with Crippen LogP contribution in [0.25, 0.3) is 10.9 Å². The van der Waals surface area contributed by atoms with E-state index in [2.05, 4.69) is 25.9 Å². The van der Waals surface area contributed by atoms with Crippen LogP contribution in [0.4, 0.5) is 0 Å². The average Bonchev–Trinajstić information content (AvgIpc) is 3.34. The summed E-state index contributed by atoms with van der Waals surface area (Å²) < 4.78 is 0. The maximum atomic E-state index is 13.4. The number of carbonyl (C=O) groups excluding carboxylic acids is 4. The quantitative estimate of drug-likeness (QED) is 0.0477. The second-order valence-corrected chi connectivity index (χ2v) is 9.74. The number of carboxylic acid groups (broad SMARTS) is 2. The first-order chi connectivity index (χ1) is 20.3. The number of rotatable bonds is 18. The summed E-state index contributed by atoms with van der Waals surface area (Å²) in [7, 11) is 0. The minimum Gasteiger partial charge on any atom is -0.481 e. The number of fused-ring (bicyclic) bond motifs is 1. The van der Waals surface area contributed by atoms with Gasteiger partial charge in [-0.3, -0.25) is 29.0 Å². The molecule has 17 heteroatoms. The maximum absolute atomic E-state index is 13.4. The molecule has 0 saturated heterocycles. The first kappa shape index (κ1) is 34.0. The number of guanidine groups is 1. The highest BCUT2D eigenvalue weighted by molar-refractivity contribution is 5.96. The van der Waals surface area contributed by atoms with Crippen LogP contribution < -0.4 is 38.9 Å². The van der Waals surface area contributed by atoms with Gasteiger partial charge in [-0.1, -0.05) is 18.2 Å². The fraction of sp³-hybridized carbons (Fsp3) is 0.423. The van der Waals surface area contributed by atoms with Crippen LogP contribution >= 0.6 is 0 Å². The number of nitrogens with zero attached hydrogens (tertiary/aromatic N) is 1. The molecule has 0 aliphatic heterocycles. The summed E-state index contributed by atoms with van der Waals surface area (Å²) in [5.74, 6) is -6.49. The highest BCUT2D eigenvalue weighted by Gasteiger charge is 2.32. The van der Waals surface area contributed by atoms with Crippen LogP contribution in [0, 0.1) is 0 Å². The second-order valence-electron chi connectivity index (χ2n) is 9.74. The summed E-state index contributed by atoms with van der Waals surface area (Å²) in [6, 6.07) is 1.50. The Kier molecular flexibility index (Phi) is 12.9. The van der Waals surface area contributed by atoms with Crippen molar-refractivity contribution < 1.29 is 39.0 Å². The van der Waals surface area contributed by atoms with E-state index in [0.717, 1.165) is 10.9 Å². The van der Waals surface area contributed by atoms with E-state index in [-0.39, 0.29) is 44.6 Å². The van der Waals surface area contributed by atoms with E-state index < -0.39 is 66.2 Å². The molecule has 0 bridgehead atoms. The van der Waals surface area contributed by atoms with Gasteiger partial charge in [-0.15, -0.1) is 0 Å². The number of nitrogens with two attached hydrogens (primary N) is 4. The highest BCUT2D eigenvalue weighted by Crippen LogP contribution is 2.19.